The molecule has 1 saturated heterocycles. The second-order valence-corrected chi connectivity index (χ2v) is 8.42. The summed E-state index contributed by atoms with van der Waals surface area (Å²) in [6.45, 7) is 1.77. The first-order chi connectivity index (χ1) is 12.3. The molecule has 26 heavy (non-hydrogen) atoms. The van der Waals surface area contributed by atoms with Gasteiger partial charge in [-0.3, -0.25) is 0 Å². The van der Waals surface area contributed by atoms with Gasteiger partial charge in [0.25, 0.3) is 0 Å². The molecule has 2 aromatic rings. The molecule has 1 N–H and O–H groups in total. The molecule has 0 amide bonds. The van der Waals surface area contributed by atoms with Crippen LogP contribution in [0.4, 0.5) is 11.9 Å². The number of hydrogen-bond acceptors (Lipinski definition) is 7. The molecule has 140 valence electrons. The number of anilines is 2. The van der Waals surface area contributed by atoms with E-state index in [1.165, 1.54) is 24.3 Å². The van der Waals surface area contributed by atoms with Crippen LogP contribution in [0, 0.1) is 0 Å². The molecule has 10 heteroatoms. The minimum atomic E-state index is -3.68. The van der Waals surface area contributed by atoms with E-state index in [2.05, 4.69) is 24.6 Å². The lowest BCUT2D eigenvalue weighted by atomic mass is 10.4. The zero-order valence-corrected chi connectivity index (χ0v) is 16.3. The van der Waals surface area contributed by atoms with Crippen molar-refractivity contribution in [1.82, 2.24) is 19.7 Å². The largest absolute Gasteiger partial charge is 0.347 e. The SMILES string of the molecule is CN(C)c1nc(CNS(=O)(=O)c2ccc(Cl)cc2)nc(N2CCCC2)n1. The van der Waals surface area contributed by atoms with Crippen LogP contribution >= 0.6 is 11.6 Å². The minimum Gasteiger partial charge on any atom is -0.347 e. The molecule has 1 aliphatic heterocycles. The van der Waals surface area contributed by atoms with Crippen LogP contribution in [0.15, 0.2) is 29.2 Å². The summed E-state index contributed by atoms with van der Waals surface area (Å²) in [5.74, 6) is 1.47. The number of benzene rings is 1. The van der Waals surface area contributed by atoms with Gasteiger partial charge in [0, 0.05) is 32.2 Å². The minimum absolute atomic E-state index is 0.0187. The van der Waals surface area contributed by atoms with Gasteiger partial charge in [0.15, 0.2) is 5.82 Å². The van der Waals surface area contributed by atoms with Crippen LogP contribution in [0.3, 0.4) is 0 Å². The lowest BCUT2D eigenvalue weighted by molar-refractivity contribution is 0.579. The number of rotatable bonds is 6. The normalized spacial score (nSPS) is 14.7. The van der Waals surface area contributed by atoms with Crippen molar-refractivity contribution in [3.8, 4) is 0 Å². The molecule has 0 unspecified atom stereocenters. The van der Waals surface area contributed by atoms with Crippen molar-refractivity contribution >= 4 is 33.5 Å². The van der Waals surface area contributed by atoms with E-state index in [4.69, 9.17) is 11.6 Å². The highest BCUT2D eigenvalue weighted by atomic mass is 35.5. The van der Waals surface area contributed by atoms with Gasteiger partial charge in [-0.25, -0.2) is 13.1 Å². The van der Waals surface area contributed by atoms with Crippen molar-refractivity contribution in [2.75, 3.05) is 37.0 Å². The van der Waals surface area contributed by atoms with Crippen molar-refractivity contribution in [2.45, 2.75) is 24.3 Å². The molecule has 0 bridgehead atoms. The highest BCUT2D eigenvalue weighted by Gasteiger charge is 2.19. The maximum atomic E-state index is 12.4. The molecule has 0 aliphatic carbocycles. The Kier molecular flexibility index (Phi) is 5.59. The number of aromatic nitrogens is 3. The molecule has 1 aromatic carbocycles. The summed E-state index contributed by atoms with van der Waals surface area (Å²) in [5, 5.41) is 0.479. The van der Waals surface area contributed by atoms with Gasteiger partial charge in [-0.1, -0.05) is 11.6 Å². The Morgan fingerprint density at radius 1 is 1.12 bits per heavy atom. The average Bonchev–Trinajstić information content (AvgIpc) is 3.15. The van der Waals surface area contributed by atoms with E-state index in [-0.39, 0.29) is 11.4 Å². The quantitative estimate of drug-likeness (QED) is 0.793. The topological polar surface area (TPSA) is 91.3 Å². The summed E-state index contributed by atoms with van der Waals surface area (Å²) >= 11 is 5.81. The molecule has 1 aliphatic rings. The molecule has 0 atom stereocenters. The van der Waals surface area contributed by atoms with Crippen molar-refractivity contribution in [1.29, 1.82) is 0 Å². The molecule has 3 rings (SSSR count). The maximum absolute atomic E-state index is 12.4. The fraction of sp³-hybridized carbons (Fsp3) is 0.438. The standard InChI is InChI=1S/C16H21ClN6O2S/c1-22(2)15-19-14(20-16(21-15)23-9-3-4-10-23)11-18-26(24,25)13-7-5-12(17)6-8-13/h5-8,18H,3-4,9-11H2,1-2H3. The summed E-state index contributed by atoms with van der Waals surface area (Å²) in [5.41, 5.74) is 0. The van der Waals surface area contributed by atoms with Gasteiger partial charge in [0.2, 0.25) is 21.9 Å². The predicted molar refractivity (Wildman–Crippen MR) is 101 cm³/mol. The molecular formula is C16H21ClN6O2S. The number of nitrogens with zero attached hydrogens (tertiary/aromatic N) is 5. The second-order valence-electron chi connectivity index (χ2n) is 6.22. The summed E-state index contributed by atoms with van der Waals surface area (Å²) in [4.78, 5) is 17.3. The number of nitrogens with one attached hydrogen (secondary N) is 1. The molecule has 8 nitrogen and oxygen atoms in total. The Bertz CT molecular complexity index is 867. The smallest absolute Gasteiger partial charge is 0.240 e. The number of halogens is 1. The molecular weight excluding hydrogens is 376 g/mol. The first-order valence-electron chi connectivity index (χ1n) is 8.27. The zero-order chi connectivity index (χ0) is 18.7. The lowest BCUT2D eigenvalue weighted by Crippen LogP contribution is -2.27. The highest BCUT2D eigenvalue weighted by molar-refractivity contribution is 7.89. The van der Waals surface area contributed by atoms with Crippen molar-refractivity contribution in [3.05, 3.63) is 35.1 Å². The summed E-state index contributed by atoms with van der Waals surface area (Å²) < 4.78 is 27.4. The van der Waals surface area contributed by atoms with E-state index >= 15 is 0 Å². The van der Waals surface area contributed by atoms with E-state index in [0.717, 1.165) is 25.9 Å². The fourth-order valence-electron chi connectivity index (χ4n) is 2.59. The third-order valence-electron chi connectivity index (χ3n) is 3.99. The number of hydrogen-bond donors (Lipinski definition) is 1. The second kappa shape index (κ2) is 7.73. The van der Waals surface area contributed by atoms with E-state index in [1.807, 2.05) is 14.1 Å². The van der Waals surface area contributed by atoms with Crippen LogP contribution < -0.4 is 14.5 Å². The fourth-order valence-corrected chi connectivity index (χ4v) is 3.70. The molecule has 0 spiro atoms. The summed E-state index contributed by atoms with van der Waals surface area (Å²) in [6.07, 6.45) is 2.20. The van der Waals surface area contributed by atoms with E-state index in [1.54, 1.807) is 4.90 Å². The first kappa shape index (κ1) is 18.8. The van der Waals surface area contributed by atoms with Gasteiger partial charge in [0.1, 0.15) is 0 Å². The molecule has 0 saturated carbocycles. The molecule has 1 fully saturated rings. The maximum Gasteiger partial charge on any atom is 0.240 e. The van der Waals surface area contributed by atoms with Crippen LogP contribution in [0.25, 0.3) is 0 Å². The van der Waals surface area contributed by atoms with Gasteiger partial charge in [-0.15, -0.1) is 0 Å². The van der Waals surface area contributed by atoms with E-state index in [0.29, 0.717) is 22.7 Å². The predicted octanol–water partition coefficient (Wildman–Crippen LogP) is 1.67. The Hall–Kier alpha value is -1.97. The Morgan fingerprint density at radius 3 is 2.38 bits per heavy atom. The van der Waals surface area contributed by atoms with E-state index < -0.39 is 10.0 Å². The van der Waals surface area contributed by atoms with Gasteiger partial charge < -0.3 is 9.80 Å². The third kappa shape index (κ3) is 4.40. The van der Waals surface area contributed by atoms with Gasteiger partial charge >= 0.3 is 0 Å². The van der Waals surface area contributed by atoms with Crippen LogP contribution in [0.5, 0.6) is 0 Å². The van der Waals surface area contributed by atoms with E-state index in [9.17, 15) is 8.42 Å². The van der Waals surface area contributed by atoms with Gasteiger partial charge in [-0.2, -0.15) is 15.0 Å². The lowest BCUT2D eigenvalue weighted by Gasteiger charge is -2.19. The first-order valence-corrected chi connectivity index (χ1v) is 10.1. The monoisotopic (exact) mass is 396 g/mol. The third-order valence-corrected chi connectivity index (χ3v) is 5.66. The van der Waals surface area contributed by atoms with Gasteiger partial charge in [-0.05, 0) is 37.1 Å². The summed E-state index contributed by atoms with van der Waals surface area (Å²) in [6, 6.07) is 5.99. The Balaban J connectivity index is 1.81. The van der Waals surface area contributed by atoms with Crippen LogP contribution in [-0.4, -0.2) is 50.6 Å². The van der Waals surface area contributed by atoms with Crippen molar-refractivity contribution < 1.29 is 8.42 Å². The molecule has 1 aromatic heterocycles. The average molecular weight is 397 g/mol. The molecule has 0 radical (unpaired) electrons. The van der Waals surface area contributed by atoms with Gasteiger partial charge in [0.05, 0.1) is 11.4 Å². The zero-order valence-electron chi connectivity index (χ0n) is 14.7. The highest BCUT2D eigenvalue weighted by Crippen LogP contribution is 2.18. The van der Waals surface area contributed by atoms with Crippen molar-refractivity contribution in [3.63, 3.8) is 0 Å². The van der Waals surface area contributed by atoms with Crippen LogP contribution in [0.2, 0.25) is 5.02 Å². The Labute approximate surface area is 158 Å². The molecule has 2 heterocycles. The number of sulfonamides is 1. The Morgan fingerprint density at radius 2 is 1.77 bits per heavy atom. The summed E-state index contributed by atoms with van der Waals surface area (Å²) in [7, 11) is -0.000365. The van der Waals surface area contributed by atoms with Crippen LogP contribution in [0.1, 0.15) is 18.7 Å². The van der Waals surface area contributed by atoms with Crippen molar-refractivity contribution in [2.24, 2.45) is 0 Å². The van der Waals surface area contributed by atoms with Crippen LogP contribution in [-0.2, 0) is 16.6 Å².